The fourth-order valence-corrected chi connectivity index (χ4v) is 3.30. The average molecular weight is 462 g/mol. The molecule has 0 spiro atoms. The molecule has 0 N–H and O–H groups in total. The number of carbonyl (C=O) groups excluding carboxylic acids is 2. The fourth-order valence-electron chi connectivity index (χ4n) is 3.30. The topological polar surface area (TPSA) is 117 Å². The minimum absolute atomic E-state index is 0.109. The highest BCUT2D eigenvalue weighted by Gasteiger charge is 2.38. The minimum Gasteiger partial charge on any atom is -0.434 e. The van der Waals surface area contributed by atoms with Crippen LogP contribution in [-0.2, 0) is 18.9 Å². The van der Waals surface area contributed by atoms with Gasteiger partial charge in [0.2, 0.25) is 0 Å². The number of nitro groups is 1. The molecule has 1 aliphatic heterocycles. The standard InChI is InChI=1S/C23H30N2O8/c1-7-11-30-22(26)32-20-15(4)24(6)16(5)21(33-23(27)31-12-8-2)19(20)17-10-9-14(3)18(13-17)25(28)29/h9-10,13,19H,7-8,11-12H2,1-6H3. The van der Waals surface area contributed by atoms with Crippen LogP contribution in [0, 0.1) is 17.0 Å². The normalized spacial score (nSPS) is 14.3. The third-order valence-corrected chi connectivity index (χ3v) is 5.24. The lowest BCUT2D eigenvalue weighted by molar-refractivity contribution is -0.385. The molecule has 0 fully saturated rings. The van der Waals surface area contributed by atoms with Gasteiger partial charge in [-0.05, 0) is 39.2 Å². The molecule has 1 heterocycles. The highest BCUT2D eigenvalue weighted by atomic mass is 16.7. The third kappa shape index (κ3) is 6.03. The van der Waals surface area contributed by atoms with E-state index in [0.717, 1.165) is 0 Å². The second-order valence-electron chi connectivity index (χ2n) is 7.60. The molecule has 10 heteroatoms. The molecular formula is C23H30N2O8. The zero-order valence-corrected chi connectivity index (χ0v) is 19.8. The maximum absolute atomic E-state index is 12.3. The van der Waals surface area contributed by atoms with Crippen molar-refractivity contribution >= 4 is 18.0 Å². The molecule has 0 bridgehead atoms. The van der Waals surface area contributed by atoms with Crippen molar-refractivity contribution in [2.45, 2.75) is 53.4 Å². The van der Waals surface area contributed by atoms with Crippen LogP contribution in [0.25, 0.3) is 0 Å². The largest absolute Gasteiger partial charge is 0.513 e. The molecule has 1 aromatic rings. The van der Waals surface area contributed by atoms with Crippen molar-refractivity contribution in [3.63, 3.8) is 0 Å². The lowest BCUT2D eigenvalue weighted by Crippen LogP contribution is -2.30. The summed E-state index contributed by atoms with van der Waals surface area (Å²) in [7, 11) is 1.72. The Bertz CT molecular complexity index is 937. The van der Waals surface area contributed by atoms with E-state index in [0.29, 0.717) is 35.4 Å². The Hall–Kier alpha value is -3.56. The Balaban J connectivity index is 2.61. The molecule has 0 aromatic heterocycles. The van der Waals surface area contributed by atoms with Gasteiger partial charge in [-0.3, -0.25) is 10.1 Å². The molecule has 0 atom stereocenters. The molecule has 0 unspecified atom stereocenters. The second-order valence-corrected chi connectivity index (χ2v) is 7.60. The van der Waals surface area contributed by atoms with Crippen molar-refractivity contribution in [2.24, 2.45) is 0 Å². The Kier molecular flexibility index (Phi) is 8.84. The first kappa shape index (κ1) is 25.7. The first-order valence-corrected chi connectivity index (χ1v) is 10.7. The maximum Gasteiger partial charge on any atom is 0.513 e. The highest BCUT2D eigenvalue weighted by Crippen LogP contribution is 2.43. The van der Waals surface area contributed by atoms with E-state index in [-0.39, 0.29) is 30.4 Å². The van der Waals surface area contributed by atoms with Gasteiger partial charge in [-0.2, -0.15) is 0 Å². The molecule has 0 aliphatic carbocycles. The molecule has 33 heavy (non-hydrogen) atoms. The van der Waals surface area contributed by atoms with Crippen molar-refractivity contribution in [3.8, 4) is 0 Å². The van der Waals surface area contributed by atoms with E-state index in [9.17, 15) is 19.7 Å². The number of benzene rings is 1. The number of allylic oxidation sites excluding steroid dienone is 2. The summed E-state index contributed by atoms with van der Waals surface area (Å²) in [6.07, 6.45) is -0.619. The molecular weight excluding hydrogens is 432 g/mol. The summed E-state index contributed by atoms with van der Waals surface area (Å²) >= 11 is 0. The van der Waals surface area contributed by atoms with Gasteiger partial charge >= 0.3 is 12.3 Å². The van der Waals surface area contributed by atoms with E-state index < -0.39 is 23.2 Å². The number of carbonyl (C=O) groups is 2. The summed E-state index contributed by atoms with van der Waals surface area (Å²) in [4.78, 5) is 37.4. The summed E-state index contributed by atoms with van der Waals surface area (Å²) < 4.78 is 21.2. The van der Waals surface area contributed by atoms with Crippen LogP contribution in [0.15, 0.2) is 41.1 Å². The smallest absolute Gasteiger partial charge is 0.434 e. The molecule has 0 amide bonds. The van der Waals surface area contributed by atoms with Gasteiger partial charge < -0.3 is 23.8 Å². The Labute approximate surface area is 192 Å². The molecule has 0 saturated heterocycles. The van der Waals surface area contributed by atoms with Gasteiger partial charge in [0.25, 0.3) is 5.69 Å². The van der Waals surface area contributed by atoms with E-state index in [4.69, 9.17) is 18.9 Å². The summed E-state index contributed by atoms with van der Waals surface area (Å²) in [6.45, 7) is 9.12. The van der Waals surface area contributed by atoms with E-state index in [2.05, 4.69) is 0 Å². The predicted molar refractivity (Wildman–Crippen MR) is 119 cm³/mol. The van der Waals surface area contributed by atoms with Gasteiger partial charge in [-0.15, -0.1) is 0 Å². The van der Waals surface area contributed by atoms with Gasteiger partial charge in [0.1, 0.15) is 17.4 Å². The maximum atomic E-state index is 12.3. The second kappa shape index (κ2) is 11.3. The molecule has 0 radical (unpaired) electrons. The first-order chi connectivity index (χ1) is 15.6. The lowest BCUT2D eigenvalue weighted by Gasteiger charge is -2.35. The van der Waals surface area contributed by atoms with E-state index in [1.807, 2.05) is 13.8 Å². The SMILES string of the molecule is CCCOC(=O)OC1=C(C)N(C)C(C)=C(OC(=O)OCCC)C1c1ccc(C)c([N+](=O)[O-])c1. The van der Waals surface area contributed by atoms with Crippen LogP contribution in [0.1, 0.15) is 57.6 Å². The van der Waals surface area contributed by atoms with E-state index in [1.165, 1.54) is 6.07 Å². The van der Waals surface area contributed by atoms with Crippen LogP contribution < -0.4 is 0 Å². The van der Waals surface area contributed by atoms with Crippen molar-refractivity contribution < 1.29 is 33.5 Å². The van der Waals surface area contributed by atoms with Crippen LogP contribution in [0.5, 0.6) is 0 Å². The van der Waals surface area contributed by atoms with Crippen molar-refractivity contribution in [1.82, 2.24) is 4.90 Å². The van der Waals surface area contributed by atoms with Crippen LogP contribution in [0.4, 0.5) is 15.3 Å². The monoisotopic (exact) mass is 462 g/mol. The number of ether oxygens (including phenoxy) is 4. The number of nitro benzene ring substituents is 1. The zero-order chi connectivity index (χ0) is 24.7. The number of hydrogen-bond acceptors (Lipinski definition) is 9. The van der Waals surface area contributed by atoms with Crippen molar-refractivity contribution in [1.29, 1.82) is 0 Å². The summed E-state index contributed by atoms with van der Waals surface area (Å²) in [6, 6.07) is 4.64. The Morgan fingerprint density at radius 2 is 1.45 bits per heavy atom. The average Bonchev–Trinajstić information content (AvgIpc) is 2.78. The number of rotatable bonds is 8. The van der Waals surface area contributed by atoms with Gasteiger partial charge in [0.15, 0.2) is 0 Å². The van der Waals surface area contributed by atoms with E-state index in [1.54, 1.807) is 44.9 Å². The number of aryl methyl sites for hydroxylation is 1. The van der Waals surface area contributed by atoms with Gasteiger partial charge in [-0.25, -0.2) is 9.59 Å². The quantitative estimate of drug-likeness (QED) is 0.279. The number of hydrogen-bond donors (Lipinski definition) is 0. The summed E-state index contributed by atoms with van der Waals surface area (Å²) in [5, 5.41) is 11.6. The predicted octanol–water partition coefficient (Wildman–Crippen LogP) is 5.52. The molecule has 10 nitrogen and oxygen atoms in total. The van der Waals surface area contributed by atoms with Crippen molar-refractivity contribution in [2.75, 3.05) is 20.3 Å². The van der Waals surface area contributed by atoms with Crippen molar-refractivity contribution in [3.05, 3.63) is 62.4 Å². The third-order valence-electron chi connectivity index (χ3n) is 5.24. The first-order valence-electron chi connectivity index (χ1n) is 10.7. The van der Waals surface area contributed by atoms with Crippen LogP contribution in [-0.4, -0.2) is 42.4 Å². The lowest BCUT2D eigenvalue weighted by atomic mass is 9.89. The van der Waals surface area contributed by atoms with E-state index >= 15 is 0 Å². The van der Waals surface area contributed by atoms with Crippen LogP contribution in [0.3, 0.4) is 0 Å². The summed E-state index contributed by atoms with van der Waals surface area (Å²) in [5.74, 6) is -0.634. The van der Waals surface area contributed by atoms with Gasteiger partial charge in [0.05, 0.1) is 29.5 Å². The molecule has 2 rings (SSSR count). The molecule has 0 saturated carbocycles. The van der Waals surface area contributed by atoms with Gasteiger partial charge in [-0.1, -0.05) is 26.0 Å². The Morgan fingerprint density at radius 1 is 0.970 bits per heavy atom. The van der Waals surface area contributed by atoms with Gasteiger partial charge in [0, 0.05) is 18.7 Å². The fraction of sp³-hybridized carbons (Fsp3) is 0.478. The molecule has 1 aliphatic rings. The highest BCUT2D eigenvalue weighted by molar-refractivity contribution is 5.65. The number of nitrogens with zero attached hydrogens (tertiary/aromatic N) is 2. The van der Waals surface area contributed by atoms with Crippen LogP contribution in [0.2, 0.25) is 0 Å². The molecule has 1 aromatic carbocycles. The zero-order valence-electron chi connectivity index (χ0n) is 19.8. The van der Waals surface area contributed by atoms with Crippen LogP contribution >= 0.6 is 0 Å². The Morgan fingerprint density at radius 3 is 1.88 bits per heavy atom. The minimum atomic E-state index is -0.918. The summed E-state index contributed by atoms with van der Waals surface area (Å²) in [5.41, 5.74) is 1.89. The molecule has 180 valence electrons.